The molecule has 2 N–H and O–H groups in total. The van der Waals surface area contributed by atoms with Gasteiger partial charge in [0.2, 0.25) is 0 Å². The Bertz CT molecular complexity index is 815. The van der Waals surface area contributed by atoms with E-state index in [2.05, 4.69) is 35.8 Å². The number of nitrogens with zero attached hydrogens (tertiary/aromatic N) is 1. The molecule has 148 valence electrons. The fourth-order valence-electron chi connectivity index (χ4n) is 4.10. The molecule has 4 rings (SSSR count). The lowest BCUT2D eigenvalue weighted by Gasteiger charge is -2.22. The molecule has 0 amide bonds. The van der Waals surface area contributed by atoms with Gasteiger partial charge in [-0.1, -0.05) is 18.2 Å². The number of hydrogen-bond donors (Lipinski definition) is 2. The zero-order valence-corrected chi connectivity index (χ0v) is 17.0. The molecule has 2 unspecified atom stereocenters. The lowest BCUT2D eigenvalue weighted by Crippen LogP contribution is -2.40. The Kier molecular flexibility index (Phi) is 5.44. The van der Waals surface area contributed by atoms with Crippen molar-refractivity contribution in [3.8, 4) is 0 Å². The van der Waals surface area contributed by atoms with Gasteiger partial charge in [-0.25, -0.2) is 8.42 Å². The Morgan fingerprint density at radius 3 is 2.67 bits per heavy atom. The van der Waals surface area contributed by atoms with Crippen molar-refractivity contribution in [3.05, 3.63) is 34.9 Å². The van der Waals surface area contributed by atoms with E-state index in [1.807, 2.05) is 0 Å². The van der Waals surface area contributed by atoms with Gasteiger partial charge in [0.05, 0.1) is 17.5 Å². The van der Waals surface area contributed by atoms with Crippen molar-refractivity contribution >= 4 is 15.8 Å². The number of sulfone groups is 1. The first-order chi connectivity index (χ1) is 13.0. The largest absolute Gasteiger partial charge is 0.354 e. The minimum atomic E-state index is -2.84. The van der Waals surface area contributed by atoms with Crippen LogP contribution in [0.4, 0.5) is 0 Å². The van der Waals surface area contributed by atoms with Gasteiger partial charge < -0.3 is 10.6 Å². The molecule has 2 atom stereocenters. The van der Waals surface area contributed by atoms with Gasteiger partial charge in [0, 0.05) is 12.6 Å². The molecule has 1 aliphatic heterocycles. The van der Waals surface area contributed by atoms with Crippen LogP contribution in [0.15, 0.2) is 23.2 Å². The molecule has 5 nitrogen and oxygen atoms in total. The molecule has 1 aromatic rings. The van der Waals surface area contributed by atoms with Crippen LogP contribution < -0.4 is 10.6 Å². The Labute approximate surface area is 163 Å². The van der Waals surface area contributed by atoms with Crippen molar-refractivity contribution in [1.82, 2.24) is 10.6 Å². The predicted octanol–water partition coefficient (Wildman–Crippen LogP) is 2.76. The SMILES string of the molecule is CC(NC(=NCC1CCS(=O)(=O)C1)NC1CC1)c1ccc2c(c1)CCCC2. The van der Waals surface area contributed by atoms with Crippen LogP contribution >= 0.6 is 0 Å². The van der Waals surface area contributed by atoms with Crippen LogP contribution in [0.3, 0.4) is 0 Å². The average molecular weight is 390 g/mol. The van der Waals surface area contributed by atoms with Crippen LogP contribution in [0.1, 0.15) is 61.8 Å². The number of aliphatic imine (C=N–C) groups is 1. The lowest BCUT2D eigenvalue weighted by molar-refractivity contribution is 0.587. The molecule has 0 radical (unpaired) electrons. The molecule has 0 spiro atoms. The van der Waals surface area contributed by atoms with Gasteiger partial charge in [0.1, 0.15) is 0 Å². The van der Waals surface area contributed by atoms with E-state index in [-0.39, 0.29) is 17.7 Å². The number of nitrogens with one attached hydrogen (secondary N) is 2. The first-order valence-electron chi connectivity index (χ1n) is 10.4. The Morgan fingerprint density at radius 2 is 1.96 bits per heavy atom. The highest BCUT2D eigenvalue weighted by Gasteiger charge is 2.28. The second-order valence-corrected chi connectivity index (χ2v) is 10.7. The maximum absolute atomic E-state index is 11.7. The van der Waals surface area contributed by atoms with E-state index in [1.165, 1.54) is 55.2 Å². The second kappa shape index (κ2) is 7.82. The summed E-state index contributed by atoms with van der Waals surface area (Å²) < 4.78 is 23.3. The van der Waals surface area contributed by atoms with Gasteiger partial charge in [-0.15, -0.1) is 0 Å². The molecule has 2 aliphatic carbocycles. The monoisotopic (exact) mass is 389 g/mol. The number of aryl methyl sites for hydroxylation is 2. The predicted molar refractivity (Wildman–Crippen MR) is 110 cm³/mol. The lowest BCUT2D eigenvalue weighted by atomic mass is 9.89. The van der Waals surface area contributed by atoms with E-state index in [1.54, 1.807) is 0 Å². The van der Waals surface area contributed by atoms with Crippen molar-refractivity contribution in [1.29, 1.82) is 0 Å². The fraction of sp³-hybridized carbons (Fsp3) is 0.667. The summed E-state index contributed by atoms with van der Waals surface area (Å²) in [5.41, 5.74) is 4.30. The fourth-order valence-corrected chi connectivity index (χ4v) is 5.95. The van der Waals surface area contributed by atoms with Gasteiger partial charge >= 0.3 is 0 Å². The maximum atomic E-state index is 11.7. The van der Waals surface area contributed by atoms with Crippen LogP contribution in [-0.4, -0.2) is 38.5 Å². The minimum Gasteiger partial charge on any atom is -0.354 e. The van der Waals surface area contributed by atoms with Crippen LogP contribution in [0, 0.1) is 5.92 Å². The van der Waals surface area contributed by atoms with Crippen molar-refractivity contribution < 1.29 is 8.42 Å². The normalized spacial score (nSPS) is 25.7. The number of guanidine groups is 1. The smallest absolute Gasteiger partial charge is 0.191 e. The van der Waals surface area contributed by atoms with Crippen molar-refractivity contribution in [2.24, 2.45) is 10.9 Å². The van der Waals surface area contributed by atoms with E-state index < -0.39 is 9.84 Å². The van der Waals surface area contributed by atoms with Crippen LogP contribution in [0.25, 0.3) is 0 Å². The number of benzene rings is 1. The van der Waals surface area contributed by atoms with E-state index in [4.69, 9.17) is 4.99 Å². The van der Waals surface area contributed by atoms with Crippen molar-refractivity contribution in [2.45, 2.75) is 64.0 Å². The summed E-state index contributed by atoms with van der Waals surface area (Å²) in [5, 5.41) is 7.03. The Morgan fingerprint density at radius 1 is 1.19 bits per heavy atom. The average Bonchev–Trinajstić information content (AvgIpc) is 3.40. The summed E-state index contributed by atoms with van der Waals surface area (Å²) >= 11 is 0. The summed E-state index contributed by atoms with van der Waals surface area (Å²) in [6, 6.07) is 7.56. The molecule has 27 heavy (non-hydrogen) atoms. The van der Waals surface area contributed by atoms with E-state index in [0.717, 1.165) is 12.4 Å². The van der Waals surface area contributed by atoms with Crippen molar-refractivity contribution in [2.75, 3.05) is 18.1 Å². The Balaban J connectivity index is 1.42. The zero-order chi connectivity index (χ0) is 18.9. The van der Waals surface area contributed by atoms with Gasteiger partial charge in [0.15, 0.2) is 15.8 Å². The van der Waals surface area contributed by atoms with Gasteiger partial charge in [-0.2, -0.15) is 0 Å². The molecule has 6 heteroatoms. The van der Waals surface area contributed by atoms with Crippen LogP contribution in [0.5, 0.6) is 0 Å². The summed E-state index contributed by atoms with van der Waals surface area (Å²) in [6.07, 6.45) is 8.10. The van der Waals surface area contributed by atoms with E-state index in [9.17, 15) is 8.42 Å². The third kappa shape index (κ3) is 5.03. The molecule has 1 saturated carbocycles. The highest BCUT2D eigenvalue weighted by Crippen LogP contribution is 2.25. The molecular formula is C21H31N3O2S. The van der Waals surface area contributed by atoms with Crippen LogP contribution in [-0.2, 0) is 22.7 Å². The summed E-state index contributed by atoms with van der Waals surface area (Å²) in [7, 11) is -2.84. The van der Waals surface area contributed by atoms with E-state index in [0.29, 0.717) is 18.3 Å². The molecule has 3 aliphatic rings. The number of rotatable bonds is 5. The number of fused-ring (bicyclic) bond motifs is 1. The minimum absolute atomic E-state index is 0.159. The maximum Gasteiger partial charge on any atom is 0.191 e. The zero-order valence-electron chi connectivity index (χ0n) is 16.2. The first kappa shape index (κ1) is 18.8. The Hall–Kier alpha value is -1.56. The van der Waals surface area contributed by atoms with Gasteiger partial charge in [-0.3, -0.25) is 4.99 Å². The van der Waals surface area contributed by atoms with Crippen LogP contribution in [0.2, 0.25) is 0 Å². The molecule has 1 aromatic carbocycles. The quantitative estimate of drug-likeness (QED) is 0.600. The molecule has 2 fully saturated rings. The summed E-state index contributed by atoms with van der Waals surface area (Å²) in [4.78, 5) is 4.73. The summed E-state index contributed by atoms with van der Waals surface area (Å²) in [5.74, 6) is 1.59. The second-order valence-electron chi connectivity index (χ2n) is 8.48. The van der Waals surface area contributed by atoms with Gasteiger partial charge in [-0.05, 0) is 74.5 Å². The van der Waals surface area contributed by atoms with Crippen molar-refractivity contribution in [3.63, 3.8) is 0 Å². The molecule has 1 saturated heterocycles. The molecule has 1 heterocycles. The standard InChI is InChI=1S/C21H31N3O2S/c1-15(18-7-6-17-4-2-3-5-19(17)12-18)23-21(24-20-8-9-20)22-13-16-10-11-27(25,26)14-16/h6-7,12,15-16,20H,2-5,8-11,13-14H2,1H3,(H2,22,23,24). The topological polar surface area (TPSA) is 70.6 Å². The summed E-state index contributed by atoms with van der Waals surface area (Å²) in [6.45, 7) is 2.76. The third-order valence-electron chi connectivity index (χ3n) is 5.98. The van der Waals surface area contributed by atoms with E-state index >= 15 is 0 Å². The van der Waals surface area contributed by atoms with Gasteiger partial charge in [0.25, 0.3) is 0 Å². The third-order valence-corrected chi connectivity index (χ3v) is 7.82. The highest BCUT2D eigenvalue weighted by atomic mass is 32.2. The highest BCUT2D eigenvalue weighted by molar-refractivity contribution is 7.91. The molecule has 0 aromatic heterocycles. The number of hydrogen-bond acceptors (Lipinski definition) is 3. The molecular weight excluding hydrogens is 358 g/mol. The first-order valence-corrected chi connectivity index (χ1v) is 12.2. The molecule has 0 bridgehead atoms.